The van der Waals surface area contributed by atoms with Crippen molar-refractivity contribution in [2.24, 2.45) is 5.92 Å². The van der Waals surface area contributed by atoms with E-state index in [0.717, 1.165) is 12.3 Å². The molecular formula is C17H22F3N3O4S. The van der Waals surface area contributed by atoms with Gasteiger partial charge in [-0.1, -0.05) is 13.8 Å². The minimum absolute atomic E-state index is 0.0191. The van der Waals surface area contributed by atoms with E-state index in [1.54, 1.807) is 4.90 Å². The molecule has 7 nitrogen and oxygen atoms in total. The van der Waals surface area contributed by atoms with Gasteiger partial charge in [-0.25, -0.2) is 13.4 Å². The van der Waals surface area contributed by atoms with Crippen molar-refractivity contribution >= 4 is 21.7 Å². The number of sulfone groups is 1. The van der Waals surface area contributed by atoms with Crippen LogP contribution in [0.2, 0.25) is 0 Å². The molecular weight excluding hydrogens is 399 g/mol. The summed E-state index contributed by atoms with van der Waals surface area (Å²) in [5, 5.41) is 1.24. The van der Waals surface area contributed by atoms with Crippen LogP contribution >= 0.6 is 0 Å². The number of nitrogens with one attached hydrogen (secondary N) is 1. The van der Waals surface area contributed by atoms with Crippen LogP contribution in [0, 0.1) is 5.92 Å². The Hall–Kier alpha value is -2.17. The Labute approximate surface area is 161 Å². The second kappa shape index (κ2) is 8.46. The lowest BCUT2D eigenvalue weighted by molar-refractivity contribution is -0.133. The number of piperidine rings is 1. The summed E-state index contributed by atoms with van der Waals surface area (Å²) >= 11 is 0. The third-order valence-corrected chi connectivity index (χ3v) is 5.78. The van der Waals surface area contributed by atoms with E-state index in [9.17, 15) is 31.2 Å². The highest BCUT2D eigenvalue weighted by atomic mass is 32.2. The Morgan fingerprint density at radius 3 is 2.43 bits per heavy atom. The molecule has 2 amide bonds. The molecule has 0 atom stereocenters. The van der Waals surface area contributed by atoms with Gasteiger partial charge in [0.25, 0.3) is 15.7 Å². The molecule has 1 aromatic heterocycles. The van der Waals surface area contributed by atoms with Gasteiger partial charge in [0.05, 0.1) is 5.56 Å². The van der Waals surface area contributed by atoms with Crippen LogP contribution in [0.15, 0.2) is 23.4 Å². The van der Waals surface area contributed by atoms with Crippen molar-refractivity contribution in [1.82, 2.24) is 15.2 Å². The first-order valence-corrected chi connectivity index (χ1v) is 10.3. The number of hydrogen-bond acceptors (Lipinski definition) is 5. The molecule has 1 saturated heterocycles. The molecule has 11 heteroatoms. The van der Waals surface area contributed by atoms with E-state index in [-0.39, 0.29) is 17.9 Å². The van der Waals surface area contributed by atoms with Crippen LogP contribution in [-0.2, 0) is 14.6 Å². The van der Waals surface area contributed by atoms with Crippen molar-refractivity contribution < 1.29 is 31.2 Å². The predicted octanol–water partition coefficient (Wildman–Crippen LogP) is 2.14. The van der Waals surface area contributed by atoms with Crippen molar-refractivity contribution in [3.8, 4) is 0 Å². The van der Waals surface area contributed by atoms with Crippen LogP contribution in [0.25, 0.3) is 0 Å². The van der Waals surface area contributed by atoms with Crippen LogP contribution in [0.1, 0.15) is 43.5 Å². The third-order valence-electron chi connectivity index (χ3n) is 4.34. The van der Waals surface area contributed by atoms with Gasteiger partial charge >= 0.3 is 5.51 Å². The minimum atomic E-state index is -5.75. The highest BCUT2D eigenvalue weighted by Gasteiger charge is 2.49. The zero-order valence-corrected chi connectivity index (χ0v) is 16.3. The molecule has 2 rings (SSSR count). The van der Waals surface area contributed by atoms with Crippen LogP contribution in [0.4, 0.5) is 13.2 Å². The van der Waals surface area contributed by atoms with Crippen LogP contribution < -0.4 is 5.32 Å². The predicted molar refractivity (Wildman–Crippen MR) is 94.0 cm³/mol. The van der Waals surface area contributed by atoms with E-state index in [1.165, 1.54) is 6.07 Å². The maximum Gasteiger partial charge on any atom is 0.503 e. The van der Waals surface area contributed by atoms with E-state index < -0.39 is 31.8 Å². The zero-order valence-electron chi connectivity index (χ0n) is 15.5. The summed E-state index contributed by atoms with van der Waals surface area (Å²) in [6.45, 7) is 4.70. The summed E-state index contributed by atoms with van der Waals surface area (Å²) in [5.41, 5.74) is -6.21. The summed E-state index contributed by atoms with van der Waals surface area (Å²) in [5.74, 6) is -0.696. The molecule has 0 aliphatic carbocycles. The van der Waals surface area contributed by atoms with Crippen molar-refractivity contribution in [3.63, 3.8) is 0 Å². The molecule has 2 heterocycles. The van der Waals surface area contributed by atoms with Crippen LogP contribution in [-0.4, -0.2) is 54.8 Å². The molecule has 0 aromatic carbocycles. The van der Waals surface area contributed by atoms with Gasteiger partial charge in [0.2, 0.25) is 5.91 Å². The highest BCUT2D eigenvalue weighted by molar-refractivity contribution is 7.92. The number of likely N-dealkylation sites (tertiary alicyclic amines) is 1. The normalized spacial score (nSPS) is 16.3. The van der Waals surface area contributed by atoms with E-state index in [2.05, 4.69) is 10.3 Å². The topological polar surface area (TPSA) is 96.4 Å². The molecule has 0 saturated carbocycles. The molecule has 1 aliphatic rings. The monoisotopic (exact) mass is 421 g/mol. The molecule has 0 bridgehead atoms. The van der Waals surface area contributed by atoms with E-state index in [1.807, 2.05) is 13.8 Å². The fraction of sp³-hybridized carbons (Fsp3) is 0.588. The quantitative estimate of drug-likeness (QED) is 0.786. The second-order valence-corrected chi connectivity index (χ2v) is 8.89. The number of rotatable bonds is 5. The minimum Gasteiger partial charge on any atom is -0.349 e. The summed E-state index contributed by atoms with van der Waals surface area (Å²) in [7, 11) is -5.75. The van der Waals surface area contributed by atoms with Crippen molar-refractivity contribution in [1.29, 1.82) is 0 Å². The van der Waals surface area contributed by atoms with Gasteiger partial charge in [0.15, 0.2) is 5.03 Å². The molecule has 0 unspecified atom stereocenters. The van der Waals surface area contributed by atoms with Crippen LogP contribution in [0.5, 0.6) is 0 Å². The number of nitrogens with zero attached hydrogens (tertiary/aromatic N) is 2. The Morgan fingerprint density at radius 2 is 1.89 bits per heavy atom. The lowest BCUT2D eigenvalue weighted by Crippen LogP contribution is -2.47. The fourth-order valence-corrected chi connectivity index (χ4v) is 3.77. The number of amides is 2. The smallest absolute Gasteiger partial charge is 0.349 e. The Balaban J connectivity index is 2.07. The highest BCUT2D eigenvalue weighted by Crippen LogP contribution is 2.30. The first-order valence-electron chi connectivity index (χ1n) is 8.78. The second-order valence-electron chi connectivity index (χ2n) is 7.03. The maximum atomic E-state index is 12.8. The SMILES string of the molecule is CC(C)CC(=O)N1CCC(NC(=O)c2cccnc2S(=O)(=O)C(F)(F)F)CC1. The van der Waals surface area contributed by atoms with Gasteiger partial charge in [-0.2, -0.15) is 13.2 Å². The Morgan fingerprint density at radius 1 is 1.29 bits per heavy atom. The first-order chi connectivity index (χ1) is 12.9. The number of hydrogen-bond donors (Lipinski definition) is 1. The van der Waals surface area contributed by atoms with E-state index in [0.29, 0.717) is 32.4 Å². The number of alkyl halides is 3. The summed E-state index contributed by atoms with van der Waals surface area (Å²) in [6.07, 6.45) is 2.16. The van der Waals surface area contributed by atoms with Crippen molar-refractivity contribution in [3.05, 3.63) is 23.9 Å². The van der Waals surface area contributed by atoms with Crippen molar-refractivity contribution in [2.45, 2.75) is 49.7 Å². The zero-order chi connectivity index (χ0) is 21.1. The average molecular weight is 421 g/mol. The standard InChI is InChI=1S/C17H22F3N3O4S/c1-11(2)10-14(24)23-8-5-12(6-9-23)22-15(25)13-4-3-7-21-16(13)28(26,27)17(18,19)20/h3-4,7,11-12H,5-6,8-10H2,1-2H3,(H,22,25). The number of halogens is 3. The van der Waals surface area contributed by atoms with Gasteiger partial charge in [-0.3, -0.25) is 9.59 Å². The van der Waals surface area contributed by atoms with Gasteiger partial charge in [-0.05, 0) is 30.9 Å². The number of carbonyl (C=O) groups excluding carboxylic acids is 2. The van der Waals surface area contributed by atoms with E-state index in [4.69, 9.17) is 0 Å². The van der Waals surface area contributed by atoms with E-state index >= 15 is 0 Å². The van der Waals surface area contributed by atoms with Gasteiger partial charge < -0.3 is 10.2 Å². The summed E-state index contributed by atoms with van der Waals surface area (Å²) < 4.78 is 61.8. The Bertz CT molecular complexity index is 832. The molecule has 1 aliphatic heterocycles. The third kappa shape index (κ3) is 5.00. The van der Waals surface area contributed by atoms with Crippen LogP contribution in [0.3, 0.4) is 0 Å². The summed E-state index contributed by atoms with van der Waals surface area (Å²) in [6, 6.07) is 1.80. The average Bonchev–Trinajstić information content (AvgIpc) is 2.60. The first kappa shape index (κ1) is 22.1. The maximum absolute atomic E-state index is 12.8. The molecule has 1 aromatic rings. The molecule has 0 spiro atoms. The number of carbonyl (C=O) groups is 2. The Kier molecular flexibility index (Phi) is 6.68. The van der Waals surface area contributed by atoms with Gasteiger partial charge in [0, 0.05) is 31.7 Å². The molecule has 156 valence electrons. The summed E-state index contributed by atoms with van der Waals surface area (Å²) in [4.78, 5) is 29.4. The number of pyridine rings is 1. The van der Waals surface area contributed by atoms with Gasteiger partial charge in [-0.15, -0.1) is 0 Å². The lowest BCUT2D eigenvalue weighted by atomic mass is 10.0. The van der Waals surface area contributed by atoms with Crippen molar-refractivity contribution in [2.75, 3.05) is 13.1 Å². The number of aromatic nitrogens is 1. The molecule has 0 radical (unpaired) electrons. The lowest BCUT2D eigenvalue weighted by Gasteiger charge is -2.33. The van der Waals surface area contributed by atoms with Gasteiger partial charge in [0.1, 0.15) is 0 Å². The molecule has 28 heavy (non-hydrogen) atoms. The molecule has 1 fully saturated rings. The molecule has 1 N–H and O–H groups in total. The fourth-order valence-electron chi connectivity index (χ4n) is 2.90. The largest absolute Gasteiger partial charge is 0.503 e.